The summed E-state index contributed by atoms with van der Waals surface area (Å²) in [7, 11) is 0. The fourth-order valence-electron chi connectivity index (χ4n) is 5.69. The van der Waals surface area contributed by atoms with Gasteiger partial charge in [-0.25, -0.2) is 9.97 Å². The number of pyridine rings is 3. The zero-order valence-electron chi connectivity index (χ0n) is 24.2. The van der Waals surface area contributed by atoms with E-state index in [0.717, 1.165) is 21.3 Å². The van der Waals surface area contributed by atoms with Gasteiger partial charge in [0.05, 0.1) is 16.5 Å². The monoisotopic (exact) mass is 553 g/mol. The first-order valence-electron chi connectivity index (χ1n) is 13.4. The van der Waals surface area contributed by atoms with Gasteiger partial charge >= 0.3 is 0 Å². The van der Waals surface area contributed by atoms with Crippen molar-refractivity contribution in [1.82, 2.24) is 15.0 Å². The minimum atomic E-state index is -0.0747. The molecule has 0 unspecified atom stereocenters. The zero-order valence-corrected chi connectivity index (χ0v) is 25.8. The quantitative estimate of drug-likeness (QED) is 0.214. The fourth-order valence-corrected chi connectivity index (χ4v) is 8.12. The Bertz CT molecular complexity index is 1870. The molecular formula is C33H35N3OS2. The molecular weight excluding hydrogens is 519 g/mol. The van der Waals surface area contributed by atoms with E-state index in [0.29, 0.717) is 5.71 Å². The lowest BCUT2D eigenvalue weighted by atomic mass is 9.82. The lowest BCUT2D eigenvalue weighted by Gasteiger charge is -2.23. The number of nitrogens with zero attached hydrogens (tertiary/aromatic N) is 3. The van der Waals surface area contributed by atoms with Crippen molar-refractivity contribution >= 4 is 54.2 Å². The van der Waals surface area contributed by atoms with E-state index in [2.05, 4.69) is 91.7 Å². The molecule has 6 aromatic rings. The SMILES string of the molecule is CC(C)(C)c1c(-c2cc3ncc(-c4cc5c(C(C)(C)C)ccnc5s4)c(C(C)(C)C)c3s2)cnc2occc12. The summed E-state index contributed by atoms with van der Waals surface area (Å²) in [6.45, 7) is 20.5. The highest BCUT2D eigenvalue weighted by atomic mass is 32.1. The van der Waals surface area contributed by atoms with Crippen molar-refractivity contribution in [3.05, 3.63) is 65.8 Å². The Labute approximate surface area is 238 Å². The zero-order chi connectivity index (χ0) is 27.9. The molecule has 6 rings (SSSR count). The first kappa shape index (κ1) is 26.1. The van der Waals surface area contributed by atoms with E-state index in [1.165, 1.54) is 42.1 Å². The van der Waals surface area contributed by atoms with E-state index in [4.69, 9.17) is 14.4 Å². The van der Waals surface area contributed by atoms with Crippen molar-refractivity contribution in [3.8, 4) is 20.9 Å². The number of aromatic nitrogens is 3. The summed E-state index contributed by atoms with van der Waals surface area (Å²) < 4.78 is 6.90. The Morgan fingerprint density at radius 2 is 1.33 bits per heavy atom. The summed E-state index contributed by atoms with van der Waals surface area (Å²) in [5.41, 5.74) is 7.90. The Kier molecular flexibility index (Phi) is 5.84. The van der Waals surface area contributed by atoms with Gasteiger partial charge < -0.3 is 4.42 Å². The van der Waals surface area contributed by atoms with Crippen molar-refractivity contribution in [3.63, 3.8) is 0 Å². The number of thiophene rings is 2. The van der Waals surface area contributed by atoms with Gasteiger partial charge in [0.2, 0.25) is 5.71 Å². The predicted molar refractivity (Wildman–Crippen MR) is 167 cm³/mol. The molecule has 0 spiro atoms. The van der Waals surface area contributed by atoms with Crippen LogP contribution in [-0.2, 0) is 16.2 Å². The van der Waals surface area contributed by atoms with Crippen LogP contribution < -0.4 is 0 Å². The molecule has 0 aliphatic carbocycles. The first-order chi connectivity index (χ1) is 18.2. The third-order valence-corrected chi connectivity index (χ3v) is 9.56. The topological polar surface area (TPSA) is 51.8 Å². The maximum Gasteiger partial charge on any atom is 0.226 e. The third-order valence-electron chi connectivity index (χ3n) is 7.31. The van der Waals surface area contributed by atoms with Crippen LogP contribution in [0.15, 0.2) is 53.5 Å². The van der Waals surface area contributed by atoms with Gasteiger partial charge in [0.25, 0.3) is 0 Å². The van der Waals surface area contributed by atoms with Crippen LogP contribution in [0.5, 0.6) is 0 Å². The molecule has 0 fully saturated rings. The van der Waals surface area contributed by atoms with Crippen LogP contribution in [0.2, 0.25) is 0 Å². The molecule has 0 aliphatic heterocycles. The minimum absolute atomic E-state index is 0.0478. The molecule has 6 heterocycles. The summed E-state index contributed by atoms with van der Waals surface area (Å²) in [6.07, 6.45) is 7.72. The van der Waals surface area contributed by atoms with Crippen molar-refractivity contribution in [2.45, 2.75) is 78.6 Å². The van der Waals surface area contributed by atoms with E-state index in [1.54, 1.807) is 17.6 Å². The number of furan rings is 1. The van der Waals surface area contributed by atoms with Crippen LogP contribution in [0.3, 0.4) is 0 Å². The van der Waals surface area contributed by atoms with Crippen LogP contribution in [0.25, 0.3) is 52.4 Å². The minimum Gasteiger partial charge on any atom is -0.446 e. The normalized spacial score (nSPS) is 13.3. The van der Waals surface area contributed by atoms with E-state index in [-0.39, 0.29) is 16.2 Å². The van der Waals surface area contributed by atoms with Gasteiger partial charge in [-0.3, -0.25) is 4.98 Å². The first-order valence-corrected chi connectivity index (χ1v) is 15.1. The molecule has 0 radical (unpaired) electrons. The van der Waals surface area contributed by atoms with E-state index >= 15 is 0 Å². The molecule has 0 bridgehead atoms. The summed E-state index contributed by atoms with van der Waals surface area (Å²) >= 11 is 3.59. The summed E-state index contributed by atoms with van der Waals surface area (Å²) in [6, 6.07) is 8.77. The predicted octanol–water partition coefficient (Wildman–Crippen LogP) is 10.3. The summed E-state index contributed by atoms with van der Waals surface area (Å²) in [5.74, 6) is 0. The lowest BCUT2D eigenvalue weighted by Crippen LogP contribution is -2.13. The second kappa shape index (κ2) is 8.70. The Morgan fingerprint density at radius 3 is 2.03 bits per heavy atom. The van der Waals surface area contributed by atoms with Gasteiger partial charge in [-0.2, -0.15) is 0 Å². The number of rotatable bonds is 2. The van der Waals surface area contributed by atoms with Gasteiger partial charge in [0.15, 0.2) is 0 Å². The molecule has 6 heteroatoms. The number of hydrogen-bond donors (Lipinski definition) is 0. The summed E-state index contributed by atoms with van der Waals surface area (Å²) in [4.78, 5) is 17.9. The lowest BCUT2D eigenvalue weighted by molar-refractivity contribution is 0.588. The Morgan fingerprint density at radius 1 is 0.667 bits per heavy atom. The second-order valence-electron chi connectivity index (χ2n) is 13.5. The standard InChI is InChI=1S/C33H35N3OS2/c1-31(2,3)22-10-12-34-30-19(22)14-24(39-30)21-16-35-23-15-25(38-28(23)27(21)33(7,8)9)20-17-36-29-18(11-13-37-29)26(20)32(4,5)6/h10-17H,1-9H3. The third kappa shape index (κ3) is 4.38. The highest BCUT2D eigenvalue weighted by Gasteiger charge is 2.29. The molecule has 0 aliphatic rings. The smallest absolute Gasteiger partial charge is 0.226 e. The van der Waals surface area contributed by atoms with Crippen LogP contribution in [0, 0.1) is 0 Å². The highest BCUT2D eigenvalue weighted by molar-refractivity contribution is 7.23. The van der Waals surface area contributed by atoms with Gasteiger partial charge in [0.1, 0.15) is 4.83 Å². The molecule has 0 saturated heterocycles. The molecule has 0 atom stereocenters. The molecule has 0 amide bonds. The van der Waals surface area contributed by atoms with Gasteiger partial charge in [-0.1, -0.05) is 62.3 Å². The average Bonchev–Trinajstić information content (AvgIpc) is 3.57. The molecule has 0 aromatic carbocycles. The molecule has 200 valence electrons. The van der Waals surface area contributed by atoms with Crippen LogP contribution >= 0.6 is 22.7 Å². The van der Waals surface area contributed by atoms with Gasteiger partial charge in [0, 0.05) is 50.2 Å². The molecule has 6 aromatic heterocycles. The molecule has 39 heavy (non-hydrogen) atoms. The maximum atomic E-state index is 5.66. The van der Waals surface area contributed by atoms with Crippen LogP contribution in [-0.4, -0.2) is 15.0 Å². The van der Waals surface area contributed by atoms with E-state index in [1.807, 2.05) is 29.8 Å². The Hall–Kier alpha value is -3.09. The number of fused-ring (bicyclic) bond motifs is 3. The van der Waals surface area contributed by atoms with Crippen molar-refractivity contribution in [2.24, 2.45) is 0 Å². The molecule has 0 saturated carbocycles. The van der Waals surface area contributed by atoms with E-state index < -0.39 is 0 Å². The van der Waals surface area contributed by atoms with Crippen LogP contribution in [0.1, 0.15) is 79.0 Å². The number of hydrogen-bond acceptors (Lipinski definition) is 6. The Balaban J connectivity index is 1.60. The van der Waals surface area contributed by atoms with Gasteiger partial charge in [-0.15, -0.1) is 22.7 Å². The van der Waals surface area contributed by atoms with Crippen molar-refractivity contribution in [2.75, 3.05) is 0 Å². The second-order valence-corrected chi connectivity index (χ2v) is 15.6. The maximum absolute atomic E-state index is 5.66. The molecule has 0 N–H and O–H groups in total. The van der Waals surface area contributed by atoms with Crippen LogP contribution in [0.4, 0.5) is 0 Å². The van der Waals surface area contributed by atoms with Gasteiger partial charge in [-0.05, 0) is 57.2 Å². The van der Waals surface area contributed by atoms with Crippen molar-refractivity contribution < 1.29 is 4.42 Å². The highest BCUT2D eigenvalue weighted by Crippen LogP contribution is 2.48. The van der Waals surface area contributed by atoms with E-state index in [9.17, 15) is 0 Å². The largest absolute Gasteiger partial charge is 0.446 e. The average molecular weight is 554 g/mol. The molecule has 4 nitrogen and oxygen atoms in total. The van der Waals surface area contributed by atoms with Crippen molar-refractivity contribution in [1.29, 1.82) is 0 Å². The summed E-state index contributed by atoms with van der Waals surface area (Å²) in [5, 5.41) is 2.32. The fraction of sp³-hybridized carbons (Fsp3) is 0.364.